The lowest BCUT2D eigenvalue weighted by atomic mass is 10.2. The molecule has 0 amide bonds. The maximum absolute atomic E-state index is 11.7. The molecule has 0 aliphatic carbocycles. The summed E-state index contributed by atoms with van der Waals surface area (Å²) in [5, 5.41) is 0. The second-order valence-corrected chi connectivity index (χ2v) is 4.51. The zero-order valence-electron chi connectivity index (χ0n) is 6.88. The van der Waals surface area contributed by atoms with Gasteiger partial charge in [0, 0.05) is 6.04 Å². The van der Waals surface area contributed by atoms with Crippen molar-refractivity contribution in [2.75, 3.05) is 0 Å². The zero-order chi connectivity index (χ0) is 8.74. The van der Waals surface area contributed by atoms with Gasteiger partial charge in [-0.15, -0.1) is 0 Å². The molecule has 0 aromatic carbocycles. The molecule has 0 fully saturated rings. The van der Waals surface area contributed by atoms with Crippen LogP contribution in [0.5, 0.6) is 0 Å². The van der Waals surface area contributed by atoms with E-state index in [0.717, 1.165) is 25.7 Å². The molecule has 0 aromatic heterocycles. The normalized spacial score (nSPS) is 12.0. The fourth-order valence-corrected chi connectivity index (χ4v) is 1.58. The van der Waals surface area contributed by atoms with E-state index >= 15 is 0 Å². The third kappa shape index (κ3) is 10.0. The molecule has 0 radical (unpaired) electrons. The minimum atomic E-state index is -5.22. The van der Waals surface area contributed by atoms with Gasteiger partial charge in [-0.25, -0.2) is 12.3 Å². The van der Waals surface area contributed by atoms with Crippen LogP contribution >= 0.6 is 0 Å². The fourth-order valence-electron chi connectivity index (χ4n) is 0.929. The van der Waals surface area contributed by atoms with Crippen molar-refractivity contribution in [1.29, 1.82) is 0 Å². The van der Waals surface area contributed by atoms with E-state index in [2.05, 4.69) is 6.92 Å². The van der Waals surface area contributed by atoms with E-state index in [1.807, 2.05) is 0 Å². The van der Waals surface area contributed by atoms with E-state index in [-0.39, 0.29) is 0 Å². The Balaban J connectivity index is 3.02. The van der Waals surface area contributed by atoms with E-state index < -0.39 is 15.1 Å². The molecular formula is C7H15F3Si. The monoisotopic (exact) mass is 184 g/mol. The predicted octanol–water partition coefficient (Wildman–Crippen LogP) is 3.80. The van der Waals surface area contributed by atoms with Crippen LogP contribution in [0.15, 0.2) is 0 Å². The van der Waals surface area contributed by atoms with Gasteiger partial charge >= 0.3 is 9.08 Å². The Labute approximate surface area is 67.3 Å². The maximum atomic E-state index is 11.7. The Morgan fingerprint density at radius 1 is 0.909 bits per heavy atom. The lowest BCUT2D eigenvalue weighted by Crippen LogP contribution is -2.13. The molecule has 4 heteroatoms. The fraction of sp³-hybridized carbons (Fsp3) is 1.00. The van der Waals surface area contributed by atoms with E-state index in [1.165, 1.54) is 0 Å². The first-order chi connectivity index (χ1) is 5.06. The molecule has 0 aliphatic rings. The van der Waals surface area contributed by atoms with Gasteiger partial charge < -0.3 is 0 Å². The van der Waals surface area contributed by atoms with Crippen molar-refractivity contribution in [1.82, 2.24) is 0 Å². The average Bonchev–Trinajstić information content (AvgIpc) is 1.85. The van der Waals surface area contributed by atoms with Crippen LogP contribution in [0.1, 0.15) is 39.0 Å². The predicted molar refractivity (Wildman–Crippen MR) is 42.6 cm³/mol. The molecule has 0 saturated heterocycles. The van der Waals surface area contributed by atoms with Crippen LogP contribution in [0.3, 0.4) is 0 Å². The Morgan fingerprint density at radius 2 is 1.45 bits per heavy atom. The smallest absolute Gasteiger partial charge is 0.238 e. The van der Waals surface area contributed by atoms with Gasteiger partial charge in [-0.3, -0.25) is 0 Å². The highest BCUT2D eigenvalue weighted by atomic mass is 28.5. The third-order valence-electron chi connectivity index (χ3n) is 1.56. The van der Waals surface area contributed by atoms with Gasteiger partial charge in [-0.1, -0.05) is 32.6 Å². The zero-order valence-corrected chi connectivity index (χ0v) is 7.88. The SMILES string of the molecule is CCCCCCC[Si](F)(F)F. The molecule has 68 valence electrons. The van der Waals surface area contributed by atoms with Crippen LogP contribution in [0.4, 0.5) is 12.3 Å². The molecular weight excluding hydrogens is 169 g/mol. The van der Waals surface area contributed by atoms with Gasteiger partial charge in [0.05, 0.1) is 0 Å². The van der Waals surface area contributed by atoms with Crippen LogP contribution < -0.4 is 0 Å². The van der Waals surface area contributed by atoms with Crippen LogP contribution in [-0.2, 0) is 0 Å². The number of hydrogen-bond donors (Lipinski definition) is 0. The van der Waals surface area contributed by atoms with Crippen molar-refractivity contribution >= 4 is 9.08 Å². The molecule has 0 N–H and O–H groups in total. The summed E-state index contributed by atoms with van der Waals surface area (Å²) in [7, 11) is -5.22. The Morgan fingerprint density at radius 3 is 1.91 bits per heavy atom. The summed E-state index contributed by atoms with van der Waals surface area (Å²) in [6, 6.07) is -0.475. The largest absolute Gasteiger partial charge is 0.616 e. The topological polar surface area (TPSA) is 0 Å². The molecule has 0 saturated carbocycles. The standard InChI is InChI=1S/C7H15F3Si/c1-2-3-4-5-6-7-11(8,9)10/h2-7H2,1H3. The first-order valence-electron chi connectivity index (χ1n) is 4.13. The lowest BCUT2D eigenvalue weighted by Gasteiger charge is -2.01. The summed E-state index contributed by atoms with van der Waals surface area (Å²) in [5.41, 5.74) is 0. The first kappa shape index (κ1) is 11.0. The Kier molecular flexibility index (Phi) is 5.63. The quantitative estimate of drug-likeness (QED) is 0.334. The second-order valence-electron chi connectivity index (χ2n) is 2.78. The van der Waals surface area contributed by atoms with Gasteiger partial charge in [-0.05, 0) is 6.42 Å². The van der Waals surface area contributed by atoms with Gasteiger partial charge in [0.2, 0.25) is 0 Å². The highest BCUT2D eigenvalue weighted by Gasteiger charge is 2.35. The van der Waals surface area contributed by atoms with Crippen molar-refractivity contribution in [3.05, 3.63) is 0 Å². The Hall–Kier alpha value is 0.00688. The van der Waals surface area contributed by atoms with Crippen LogP contribution in [0.25, 0.3) is 0 Å². The second kappa shape index (κ2) is 5.63. The third-order valence-corrected chi connectivity index (χ3v) is 2.48. The minimum absolute atomic E-state index is 0.357. The molecule has 0 atom stereocenters. The van der Waals surface area contributed by atoms with Gasteiger partial charge in [0.25, 0.3) is 0 Å². The van der Waals surface area contributed by atoms with E-state index in [0.29, 0.717) is 6.42 Å². The van der Waals surface area contributed by atoms with E-state index in [1.54, 1.807) is 0 Å². The van der Waals surface area contributed by atoms with Gasteiger partial charge in [0.1, 0.15) is 0 Å². The van der Waals surface area contributed by atoms with Crippen molar-refractivity contribution in [3.63, 3.8) is 0 Å². The van der Waals surface area contributed by atoms with Crippen molar-refractivity contribution in [3.8, 4) is 0 Å². The summed E-state index contributed by atoms with van der Waals surface area (Å²) in [6.07, 6.45) is 4.22. The van der Waals surface area contributed by atoms with Crippen LogP contribution in [0, 0.1) is 0 Å². The molecule has 0 aromatic rings. The Bertz CT molecular complexity index is 90.2. The number of unbranched alkanes of at least 4 members (excludes halogenated alkanes) is 4. The van der Waals surface area contributed by atoms with Crippen molar-refractivity contribution in [2.24, 2.45) is 0 Å². The lowest BCUT2D eigenvalue weighted by molar-refractivity contribution is 0.459. The van der Waals surface area contributed by atoms with Crippen molar-refractivity contribution in [2.45, 2.75) is 45.1 Å². The summed E-state index contributed by atoms with van der Waals surface area (Å²) < 4.78 is 35.1. The molecule has 0 nitrogen and oxygen atoms in total. The molecule has 0 aliphatic heterocycles. The molecule has 0 bridgehead atoms. The van der Waals surface area contributed by atoms with E-state index in [4.69, 9.17) is 0 Å². The highest BCUT2D eigenvalue weighted by Crippen LogP contribution is 2.19. The molecule has 0 heterocycles. The molecule has 0 spiro atoms. The molecule has 0 unspecified atom stereocenters. The molecule has 0 rings (SSSR count). The average molecular weight is 184 g/mol. The number of hydrogen-bond acceptors (Lipinski definition) is 0. The number of rotatable bonds is 6. The maximum Gasteiger partial charge on any atom is 0.616 e. The minimum Gasteiger partial charge on any atom is -0.238 e. The van der Waals surface area contributed by atoms with E-state index in [9.17, 15) is 12.3 Å². The summed E-state index contributed by atoms with van der Waals surface area (Å²) in [4.78, 5) is 0. The summed E-state index contributed by atoms with van der Waals surface area (Å²) >= 11 is 0. The van der Waals surface area contributed by atoms with Gasteiger partial charge in [-0.2, -0.15) is 0 Å². The first-order valence-corrected chi connectivity index (χ1v) is 5.97. The summed E-state index contributed by atoms with van der Waals surface area (Å²) in [5.74, 6) is 0. The van der Waals surface area contributed by atoms with Crippen LogP contribution in [0.2, 0.25) is 6.04 Å². The number of halogens is 3. The van der Waals surface area contributed by atoms with Crippen LogP contribution in [-0.4, -0.2) is 9.08 Å². The molecule has 11 heavy (non-hydrogen) atoms. The highest BCUT2D eigenvalue weighted by molar-refractivity contribution is 6.58. The summed E-state index contributed by atoms with van der Waals surface area (Å²) in [6.45, 7) is 2.05. The van der Waals surface area contributed by atoms with Crippen molar-refractivity contribution < 1.29 is 12.3 Å². The van der Waals surface area contributed by atoms with Gasteiger partial charge in [0.15, 0.2) is 0 Å².